The first-order chi connectivity index (χ1) is 14.1. The molecular weight excluding hydrogens is 364 g/mol. The van der Waals surface area contributed by atoms with Crippen LogP contribution in [0.15, 0.2) is 34.8 Å². The molecule has 29 heavy (non-hydrogen) atoms. The van der Waals surface area contributed by atoms with Crippen LogP contribution in [0.4, 0.5) is 0 Å². The maximum Gasteiger partial charge on any atom is 0.297 e. The Morgan fingerprint density at radius 3 is 2.93 bits per heavy atom. The molecular formula is C23H28N4O2. The third-order valence-corrected chi connectivity index (χ3v) is 5.90. The number of aliphatic imine (C=N–C) groups is 1. The topological polar surface area (TPSA) is 72.4 Å². The van der Waals surface area contributed by atoms with E-state index in [4.69, 9.17) is 14.7 Å². The number of hydrogen-bond acceptors (Lipinski definition) is 5. The Bertz CT molecular complexity index is 994. The van der Waals surface area contributed by atoms with Crippen molar-refractivity contribution in [3.63, 3.8) is 0 Å². The van der Waals surface area contributed by atoms with Crippen molar-refractivity contribution < 1.29 is 9.47 Å². The molecule has 2 unspecified atom stereocenters. The van der Waals surface area contributed by atoms with E-state index in [-0.39, 0.29) is 12.2 Å². The number of nitriles is 1. The third kappa shape index (κ3) is 3.92. The molecule has 1 saturated carbocycles. The zero-order valence-electron chi connectivity index (χ0n) is 17.4. The Hall–Kier alpha value is -2.65. The molecule has 6 heteroatoms. The number of imidazole rings is 1. The van der Waals surface area contributed by atoms with E-state index in [0.29, 0.717) is 30.1 Å². The van der Waals surface area contributed by atoms with Crippen LogP contribution in [0.3, 0.4) is 0 Å². The lowest BCUT2D eigenvalue weighted by atomic mass is 9.97. The summed E-state index contributed by atoms with van der Waals surface area (Å²) in [7, 11) is 0. The zero-order chi connectivity index (χ0) is 20.4. The van der Waals surface area contributed by atoms with Crippen LogP contribution in [-0.4, -0.2) is 41.1 Å². The summed E-state index contributed by atoms with van der Waals surface area (Å²) in [6, 6.07) is 8.28. The van der Waals surface area contributed by atoms with E-state index < -0.39 is 0 Å². The Balaban J connectivity index is 0.000000994. The number of rotatable bonds is 4. The Labute approximate surface area is 171 Å². The summed E-state index contributed by atoms with van der Waals surface area (Å²) >= 11 is 0. The number of ether oxygens (including phenoxy) is 2. The predicted octanol–water partition coefficient (Wildman–Crippen LogP) is 4.28. The molecule has 2 aromatic rings. The maximum atomic E-state index is 9.02. The minimum Gasteiger partial charge on any atom is -0.457 e. The zero-order valence-corrected chi connectivity index (χ0v) is 17.4. The molecule has 0 bridgehead atoms. The lowest BCUT2D eigenvalue weighted by Gasteiger charge is -2.15. The summed E-state index contributed by atoms with van der Waals surface area (Å²) in [5.74, 6) is 0. The van der Waals surface area contributed by atoms with Gasteiger partial charge < -0.3 is 9.47 Å². The molecule has 3 heterocycles. The molecule has 3 aliphatic rings. The standard InChI is InChI=1S/C21H22N4O2.C2H6/c1-21(6-7-21)15-3-4-16(11-23-10-15)26-13-17-12-25-19-5-2-14(9-22)8-18(19)24-20(25)27-17;1-2/h2-3,5,8,11,16-17H,4,6-7,10,12-13H2,1H3;1-2H3. The van der Waals surface area contributed by atoms with Crippen LogP contribution < -0.4 is 4.74 Å². The minimum atomic E-state index is -0.0476. The lowest BCUT2D eigenvalue weighted by molar-refractivity contribution is 0.0383. The minimum absolute atomic E-state index is 0.0105. The van der Waals surface area contributed by atoms with Crippen molar-refractivity contribution in [3.8, 4) is 12.1 Å². The number of fused-ring (bicyclic) bond motifs is 3. The van der Waals surface area contributed by atoms with Gasteiger partial charge in [-0.2, -0.15) is 10.2 Å². The van der Waals surface area contributed by atoms with Crippen molar-refractivity contribution in [2.75, 3.05) is 13.2 Å². The first-order valence-electron chi connectivity index (χ1n) is 10.5. The summed E-state index contributed by atoms with van der Waals surface area (Å²) in [5.41, 5.74) is 4.26. The summed E-state index contributed by atoms with van der Waals surface area (Å²) in [6.45, 7) is 8.36. The number of nitrogens with zero attached hydrogens (tertiary/aromatic N) is 4. The first kappa shape index (κ1) is 19.7. The molecule has 2 atom stereocenters. The van der Waals surface area contributed by atoms with Crippen LogP contribution in [-0.2, 0) is 11.3 Å². The van der Waals surface area contributed by atoms with Crippen molar-refractivity contribution in [2.24, 2.45) is 10.4 Å². The highest BCUT2D eigenvalue weighted by atomic mass is 16.6. The highest BCUT2D eigenvalue weighted by molar-refractivity contribution is 5.78. The van der Waals surface area contributed by atoms with E-state index >= 15 is 0 Å². The average molecular weight is 393 g/mol. The van der Waals surface area contributed by atoms with Crippen molar-refractivity contribution in [1.82, 2.24) is 9.55 Å². The molecule has 0 N–H and O–H groups in total. The van der Waals surface area contributed by atoms with Crippen molar-refractivity contribution in [3.05, 3.63) is 35.4 Å². The highest BCUT2D eigenvalue weighted by Gasteiger charge is 2.40. The molecule has 5 rings (SSSR count). The summed E-state index contributed by atoms with van der Waals surface area (Å²) in [6.07, 6.45) is 7.68. The van der Waals surface area contributed by atoms with Gasteiger partial charge in [-0.1, -0.05) is 26.8 Å². The van der Waals surface area contributed by atoms with Crippen molar-refractivity contribution in [1.29, 1.82) is 5.26 Å². The van der Waals surface area contributed by atoms with Gasteiger partial charge in [-0.3, -0.25) is 9.56 Å². The van der Waals surface area contributed by atoms with Gasteiger partial charge in [0.1, 0.15) is 6.10 Å². The van der Waals surface area contributed by atoms with Crippen LogP contribution in [0.2, 0.25) is 0 Å². The van der Waals surface area contributed by atoms with Gasteiger partial charge in [0.25, 0.3) is 6.01 Å². The molecule has 0 saturated heterocycles. The normalized spacial score (nSPS) is 23.9. The Kier molecular flexibility index (Phi) is 5.42. The fourth-order valence-corrected chi connectivity index (χ4v) is 3.86. The first-order valence-corrected chi connectivity index (χ1v) is 10.5. The molecule has 0 spiro atoms. The second kappa shape index (κ2) is 8.00. The van der Waals surface area contributed by atoms with Gasteiger partial charge in [0.05, 0.1) is 48.5 Å². The van der Waals surface area contributed by atoms with Gasteiger partial charge in [0, 0.05) is 6.21 Å². The Morgan fingerprint density at radius 2 is 2.17 bits per heavy atom. The molecule has 1 aromatic heterocycles. The molecule has 6 nitrogen and oxygen atoms in total. The monoisotopic (exact) mass is 392 g/mol. The van der Waals surface area contributed by atoms with Crippen molar-refractivity contribution >= 4 is 17.2 Å². The molecule has 152 valence electrons. The number of aromatic nitrogens is 2. The molecule has 1 aromatic carbocycles. The maximum absolute atomic E-state index is 9.02. The SMILES string of the molecule is CC.CC1(C2=CCC(OCC3Cn4c(nc5cc(C#N)ccc54)O3)C=NC2)CC1. The van der Waals surface area contributed by atoms with Crippen LogP contribution in [0.1, 0.15) is 45.6 Å². The quantitative estimate of drug-likeness (QED) is 0.728. The molecule has 1 aliphatic carbocycles. The summed E-state index contributed by atoms with van der Waals surface area (Å²) in [4.78, 5) is 9.07. The van der Waals surface area contributed by atoms with Gasteiger partial charge in [0.15, 0.2) is 0 Å². The van der Waals surface area contributed by atoms with Crippen LogP contribution in [0.5, 0.6) is 6.01 Å². The largest absolute Gasteiger partial charge is 0.457 e. The van der Waals surface area contributed by atoms with Crippen LogP contribution >= 0.6 is 0 Å². The molecule has 1 fully saturated rings. The van der Waals surface area contributed by atoms with E-state index in [1.165, 1.54) is 18.4 Å². The van der Waals surface area contributed by atoms with E-state index in [9.17, 15) is 0 Å². The molecule has 0 radical (unpaired) electrons. The smallest absolute Gasteiger partial charge is 0.297 e. The highest BCUT2D eigenvalue weighted by Crippen LogP contribution is 2.51. The van der Waals surface area contributed by atoms with E-state index in [1.54, 1.807) is 6.07 Å². The lowest BCUT2D eigenvalue weighted by Crippen LogP contribution is -2.26. The van der Waals surface area contributed by atoms with Gasteiger partial charge in [0.2, 0.25) is 0 Å². The molecule has 0 amide bonds. The molecule has 2 aliphatic heterocycles. The van der Waals surface area contributed by atoms with Crippen LogP contribution in [0.25, 0.3) is 11.0 Å². The average Bonchev–Trinajstić information content (AvgIpc) is 3.33. The van der Waals surface area contributed by atoms with E-state index in [2.05, 4.69) is 33.6 Å². The Morgan fingerprint density at radius 1 is 1.34 bits per heavy atom. The van der Waals surface area contributed by atoms with Gasteiger partial charge in [-0.05, 0) is 48.4 Å². The number of benzene rings is 1. The second-order valence-corrected chi connectivity index (χ2v) is 7.95. The summed E-state index contributed by atoms with van der Waals surface area (Å²) in [5, 5.41) is 9.02. The van der Waals surface area contributed by atoms with E-state index in [0.717, 1.165) is 24.0 Å². The fraction of sp³-hybridized carbons (Fsp3) is 0.522. The number of hydrogen-bond donors (Lipinski definition) is 0. The second-order valence-electron chi connectivity index (χ2n) is 7.95. The summed E-state index contributed by atoms with van der Waals surface area (Å²) < 4.78 is 14.1. The fourth-order valence-electron chi connectivity index (χ4n) is 3.86. The third-order valence-electron chi connectivity index (χ3n) is 5.90. The van der Waals surface area contributed by atoms with Gasteiger partial charge in [-0.15, -0.1) is 0 Å². The predicted molar refractivity (Wildman–Crippen MR) is 113 cm³/mol. The van der Waals surface area contributed by atoms with Crippen molar-refractivity contribution in [2.45, 2.75) is 58.8 Å². The van der Waals surface area contributed by atoms with Gasteiger partial charge >= 0.3 is 0 Å². The van der Waals surface area contributed by atoms with Gasteiger partial charge in [-0.25, -0.2) is 0 Å². The van der Waals surface area contributed by atoms with E-state index in [1.807, 2.05) is 32.2 Å². The van der Waals surface area contributed by atoms with Crippen LogP contribution in [0, 0.1) is 16.7 Å².